The maximum atomic E-state index is 12.1. The van der Waals surface area contributed by atoms with Crippen LogP contribution >= 0.6 is 0 Å². The maximum Gasteiger partial charge on any atom is 0.338 e. The lowest BCUT2D eigenvalue weighted by molar-refractivity contribution is 0.0474. The quantitative estimate of drug-likeness (QED) is 0.591. The number of nitrogens with zero attached hydrogens (tertiary/aromatic N) is 2. The minimum Gasteiger partial charge on any atom is -0.454 e. The number of carbonyl (C=O) groups is 2. The third-order valence-corrected chi connectivity index (χ3v) is 3.54. The van der Waals surface area contributed by atoms with Gasteiger partial charge in [-0.2, -0.15) is 0 Å². The highest BCUT2D eigenvalue weighted by Gasteiger charge is 2.13. The number of fused-ring (bicyclic) bond motifs is 1. The summed E-state index contributed by atoms with van der Waals surface area (Å²) in [5.41, 5.74) is 3.75. The first-order valence-corrected chi connectivity index (χ1v) is 7.13. The molecule has 0 aliphatic rings. The molecule has 116 valence electrons. The second kappa shape index (κ2) is 6.00. The Morgan fingerprint density at radius 2 is 1.83 bits per heavy atom. The van der Waals surface area contributed by atoms with Crippen molar-refractivity contribution in [3.63, 3.8) is 0 Å². The van der Waals surface area contributed by atoms with Gasteiger partial charge in [0.1, 0.15) is 0 Å². The number of benzene rings is 1. The van der Waals surface area contributed by atoms with E-state index in [0.717, 1.165) is 11.4 Å². The lowest BCUT2D eigenvalue weighted by Crippen LogP contribution is -2.14. The van der Waals surface area contributed by atoms with Gasteiger partial charge in [-0.3, -0.25) is 4.79 Å². The average molecular weight is 309 g/mol. The molecule has 6 nitrogen and oxygen atoms in total. The van der Waals surface area contributed by atoms with Gasteiger partial charge in [0.2, 0.25) is 5.78 Å². The number of aromatic amines is 1. The lowest BCUT2D eigenvalue weighted by Gasteiger charge is -2.06. The van der Waals surface area contributed by atoms with Crippen LogP contribution in [0.3, 0.4) is 0 Å². The summed E-state index contributed by atoms with van der Waals surface area (Å²) in [6.45, 7) is 3.44. The Hall–Kier alpha value is -3.02. The van der Waals surface area contributed by atoms with E-state index in [1.807, 2.05) is 13.8 Å². The second-order valence-electron chi connectivity index (χ2n) is 5.18. The summed E-state index contributed by atoms with van der Waals surface area (Å²) < 4.78 is 5.06. The highest BCUT2D eigenvalue weighted by molar-refractivity contribution is 5.99. The number of ether oxygens (including phenoxy) is 1. The van der Waals surface area contributed by atoms with E-state index in [1.54, 1.807) is 36.5 Å². The van der Waals surface area contributed by atoms with Crippen LogP contribution in [0.15, 0.2) is 36.5 Å². The number of aromatic nitrogens is 3. The molecule has 0 aliphatic carbocycles. The molecule has 6 heteroatoms. The number of aryl methyl sites for hydroxylation is 2. The van der Waals surface area contributed by atoms with Gasteiger partial charge in [-0.1, -0.05) is 0 Å². The fraction of sp³-hybridized carbons (Fsp3) is 0.176. The molecule has 0 spiro atoms. The Balaban J connectivity index is 1.75. The molecule has 0 saturated carbocycles. The molecule has 23 heavy (non-hydrogen) atoms. The van der Waals surface area contributed by atoms with Crippen LogP contribution in [0.2, 0.25) is 0 Å². The normalized spacial score (nSPS) is 10.7. The van der Waals surface area contributed by atoms with Crippen molar-refractivity contribution in [2.24, 2.45) is 0 Å². The topological polar surface area (TPSA) is 84.9 Å². The zero-order valence-corrected chi connectivity index (χ0v) is 12.8. The first-order valence-electron chi connectivity index (χ1n) is 7.13. The zero-order valence-electron chi connectivity index (χ0n) is 12.8. The van der Waals surface area contributed by atoms with Crippen LogP contribution in [0, 0.1) is 13.8 Å². The predicted molar refractivity (Wildman–Crippen MR) is 84.4 cm³/mol. The van der Waals surface area contributed by atoms with Crippen LogP contribution in [0.5, 0.6) is 0 Å². The van der Waals surface area contributed by atoms with E-state index in [-0.39, 0.29) is 12.4 Å². The van der Waals surface area contributed by atoms with Crippen LogP contribution in [-0.4, -0.2) is 33.3 Å². The summed E-state index contributed by atoms with van der Waals surface area (Å²) in [7, 11) is 0. The van der Waals surface area contributed by atoms with Gasteiger partial charge < -0.3 is 9.72 Å². The smallest absolute Gasteiger partial charge is 0.338 e. The number of hydrogen-bond donors (Lipinski definition) is 1. The average Bonchev–Trinajstić information content (AvgIpc) is 3.07. The van der Waals surface area contributed by atoms with Crippen molar-refractivity contribution >= 4 is 22.8 Å². The number of rotatable bonds is 4. The van der Waals surface area contributed by atoms with Crippen molar-refractivity contribution in [3.8, 4) is 0 Å². The van der Waals surface area contributed by atoms with E-state index < -0.39 is 5.97 Å². The van der Waals surface area contributed by atoms with Crippen molar-refractivity contribution in [1.82, 2.24) is 15.0 Å². The van der Waals surface area contributed by atoms with E-state index >= 15 is 0 Å². The minimum absolute atomic E-state index is 0.282. The molecule has 1 aromatic carbocycles. The third-order valence-electron chi connectivity index (χ3n) is 3.54. The van der Waals surface area contributed by atoms with Gasteiger partial charge in [0.25, 0.3) is 0 Å². The minimum atomic E-state index is -0.563. The number of ketones is 1. The molecule has 0 bridgehead atoms. The number of H-pyrrole nitrogens is 1. The van der Waals surface area contributed by atoms with Crippen molar-refractivity contribution in [1.29, 1.82) is 0 Å². The van der Waals surface area contributed by atoms with Gasteiger partial charge in [-0.05, 0) is 44.2 Å². The van der Waals surface area contributed by atoms with Gasteiger partial charge in [0.15, 0.2) is 6.61 Å². The Bertz CT molecular complexity index is 885. The summed E-state index contributed by atoms with van der Waals surface area (Å²) in [4.78, 5) is 35.5. The molecule has 0 aliphatic heterocycles. The summed E-state index contributed by atoms with van der Waals surface area (Å²) in [6.07, 6.45) is 1.64. The predicted octanol–water partition coefficient (Wildman–Crippen LogP) is 2.61. The van der Waals surface area contributed by atoms with Crippen molar-refractivity contribution in [2.75, 3.05) is 6.61 Å². The van der Waals surface area contributed by atoms with Crippen LogP contribution in [0.1, 0.15) is 32.2 Å². The Morgan fingerprint density at radius 1 is 1.09 bits per heavy atom. The molecule has 0 saturated heterocycles. The fourth-order valence-electron chi connectivity index (χ4n) is 2.15. The SMILES string of the molecule is Cc1nc2ccc(C(=O)OCC(=O)c3ccc[nH]3)cc2nc1C. The molecule has 1 N–H and O–H groups in total. The summed E-state index contributed by atoms with van der Waals surface area (Å²) in [5.74, 6) is -0.845. The number of Topliss-reactive ketones (excluding diaryl/α,β-unsaturated/α-hetero) is 1. The van der Waals surface area contributed by atoms with E-state index in [4.69, 9.17) is 4.74 Å². The van der Waals surface area contributed by atoms with E-state index in [0.29, 0.717) is 22.3 Å². The maximum absolute atomic E-state index is 12.1. The van der Waals surface area contributed by atoms with Crippen LogP contribution in [0.4, 0.5) is 0 Å². The highest BCUT2D eigenvalue weighted by atomic mass is 16.5. The summed E-state index contributed by atoms with van der Waals surface area (Å²) >= 11 is 0. The monoisotopic (exact) mass is 309 g/mol. The number of esters is 1. The molecule has 0 atom stereocenters. The van der Waals surface area contributed by atoms with Gasteiger partial charge in [-0.15, -0.1) is 0 Å². The van der Waals surface area contributed by atoms with E-state index in [9.17, 15) is 9.59 Å². The standard InChI is InChI=1S/C17H15N3O3/c1-10-11(2)20-15-8-12(5-6-13(15)19-10)17(22)23-9-16(21)14-4-3-7-18-14/h3-8,18H,9H2,1-2H3. The molecule has 0 unspecified atom stereocenters. The van der Waals surface area contributed by atoms with Crippen LogP contribution < -0.4 is 0 Å². The third kappa shape index (κ3) is 3.11. The first kappa shape index (κ1) is 14.9. The summed E-state index contributed by atoms with van der Waals surface area (Å²) in [5, 5.41) is 0. The number of hydrogen-bond acceptors (Lipinski definition) is 5. The second-order valence-corrected chi connectivity index (χ2v) is 5.18. The molecule has 2 heterocycles. The molecular weight excluding hydrogens is 294 g/mol. The first-order chi connectivity index (χ1) is 11.0. The Labute approximate surface area is 132 Å². The van der Waals surface area contributed by atoms with Gasteiger partial charge in [0, 0.05) is 6.20 Å². The Morgan fingerprint density at radius 3 is 2.52 bits per heavy atom. The molecule has 0 fully saturated rings. The molecule has 3 aromatic rings. The van der Waals surface area contributed by atoms with Crippen molar-refractivity contribution in [2.45, 2.75) is 13.8 Å². The van der Waals surface area contributed by atoms with Gasteiger partial charge in [0.05, 0.1) is 33.7 Å². The van der Waals surface area contributed by atoms with E-state index in [2.05, 4.69) is 15.0 Å². The molecule has 0 amide bonds. The van der Waals surface area contributed by atoms with Gasteiger partial charge in [-0.25, -0.2) is 14.8 Å². The van der Waals surface area contributed by atoms with Crippen molar-refractivity contribution in [3.05, 3.63) is 59.2 Å². The Kier molecular flexibility index (Phi) is 3.89. The molecule has 3 rings (SSSR count). The van der Waals surface area contributed by atoms with Crippen LogP contribution in [0.25, 0.3) is 11.0 Å². The van der Waals surface area contributed by atoms with Crippen LogP contribution in [-0.2, 0) is 4.74 Å². The zero-order chi connectivity index (χ0) is 16.4. The van der Waals surface area contributed by atoms with Gasteiger partial charge >= 0.3 is 5.97 Å². The molecule has 0 radical (unpaired) electrons. The molecular formula is C17H15N3O3. The number of carbonyl (C=O) groups excluding carboxylic acids is 2. The highest BCUT2D eigenvalue weighted by Crippen LogP contribution is 2.15. The number of nitrogens with one attached hydrogen (secondary N) is 1. The fourth-order valence-corrected chi connectivity index (χ4v) is 2.15. The van der Waals surface area contributed by atoms with Crippen molar-refractivity contribution < 1.29 is 14.3 Å². The molecule has 2 aromatic heterocycles. The largest absolute Gasteiger partial charge is 0.454 e. The lowest BCUT2D eigenvalue weighted by atomic mass is 10.2. The summed E-state index contributed by atoms with van der Waals surface area (Å²) in [6, 6.07) is 8.30. The van der Waals surface area contributed by atoms with E-state index in [1.165, 1.54) is 0 Å².